The van der Waals surface area contributed by atoms with Gasteiger partial charge in [0, 0.05) is 0 Å². The molecule has 0 aliphatic rings. The van der Waals surface area contributed by atoms with Crippen LogP contribution in [0.3, 0.4) is 0 Å². The van der Waals surface area contributed by atoms with Crippen molar-refractivity contribution >= 4 is 31.0 Å². The van der Waals surface area contributed by atoms with Gasteiger partial charge in [0.1, 0.15) is 0 Å². The second-order valence-corrected chi connectivity index (χ2v) is 2.06. The largest absolute Gasteiger partial charge is 0.378 e. The number of hydrogen-bond donors (Lipinski definition) is 2. The van der Waals surface area contributed by atoms with E-state index in [4.69, 9.17) is 4.89 Å². The summed E-state index contributed by atoms with van der Waals surface area (Å²) in [5, 5.41) is 0. The molecular formula is H2O3PS2. The monoisotopic (exact) mass is 145 g/mol. The third kappa shape index (κ3) is 4.72. The van der Waals surface area contributed by atoms with Crippen LogP contribution in [0.25, 0.3) is 0 Å². The smallest absolute Gasteiger partial charge is 0.298 e. The quantitative estimate of drug-likeness (QED) is 0.265. The van der Waals surface area contributed by atoms with Gasteiger partial charge in [0.2, 0.25) is 0 Å². The molecule has 0 aromatic carbocycles. The summed E-state index contributed by atoms with van der Waals surface area (Å²) in [6.07, 6.45) is 0. The normalized spacial score (nSPS) is 11.3. The Balaban J connectivity index is 2.83. The summed E-state index contributed by atoms with van der Waals surface area (Å²) in [6.45, 7) is 0. The molecule has 0 heterocycles. The van der Waals surface area contributed by atoms with E-state index in [1.54, 1.807) is 0 Å². The highest BCUT2D eigenvalue weighted by Crippen LogP contribution is 2.25. The Morgan fingerprint density at radius 3 is 2.50 bits per heavy atom. The van der Waals surface area contributed by atoms with E-state index in [2.05, 4.69) is 15.6 Å². The number of rotatable bonds is 2. The first kappa shape index (κ1) is 6.72. The molecule has 0 amide bonds. The Hall–Kier alpha value is 0.720. The van der Waals surface area contributed by atoms with Gasteiger partial charge in [0.25, 0.3) is 0 Å². The van der Waals surface area contributed by atoms with Gasteiger partial charge >= 0.3 is 8.25 Å². The van der Waals surface area contributed by atoms with E-state index in [0.717, 1.165) is 0 Å². The van der Waals surface area contributed by atoms with Crippen LogP contribution < -0.4 is 0 Å². The second kappa shape index (κ2) is 3.89. The summed E-state index contributed by atoms with van der Waals surface area (Å²) in [7, 11) is -2.46. The van der Waals surface area contributed by atoms with Crippen LogP contribution in [0.2, 0.25) is 0 Å². The molecule has 0 saturated heterocycles. The highest BCUT2D eigenvalue weighted by Gasteiger charge is 1.87. The van der Waals surface area contributed by atoms with E-state index in [1.165, 1.54) is 0 Å². The van der Waals surface area contributed by atoms with Gasteiger partial charge in [-0.05, 0) is 0 Å². The van der Waals surface area contributed by atoms with Crippen LogP contribution in [0.15, 0.2) is 0 Å². The highest BCUT2D eigenvalue weighted by atomic mass is 33.1. The fraction of sp³-hybridized carbons (Fsp3) is 0. The number of hydrogen-bond acceptors (Lipinski definition) is 4. The first-order valence-corrected chi connectivity index (χ1v) is 3.84. The topological polar surface area (TPSA) is 46.5 Å². The molecule has 0 aliphatic carbocycles. The fourth-order valence-electron chi connectivity index (χ4n) is 0.0285. The molecule has 1 radical (unpaired) electrons. The van der Waals surface area contributed by atoms with Crippen LogP contribution in [0.5, 0.6) is 0 Å². The van der Waals surface area contributed by atoms with Gasteiger partial charge < -0.3 is 0 Å². The maximum Gasteiger partial charge on any atom is 0.378 e. The SMILES string of the molecule is O=[P](O)OSS. The molecule has 6 heteroatoms. The highest BCUT2D eigenvalue weighted by molar-refractivity contribution is 8.67. The maximum absolute atomic E-state index is 9.46. The van der Waals surface area contributed by atoms with Crippen LogP contribution in [-0.4, -0.2) is 4.89 Å². The Labute approximate surface area is 45.0 Å². The molecule has 1 atom stereocenters. The molecule has 1 unspecified atom stereocenters. The minimum atomic E-state index is -2.46. The minimum Gasteiger partial charge on any atom is -0.298 e. The molecule has 0 aromatic heterocycles. The summed E-state index contributed by atoms with van der Waals surface area (Å²) < 4.78 is 13.3. The molecule has 0 aromatic rings. The van der Waals surface area contributed by atoms with E-state index in [-0.39, 0.29) is 0 Å². The van der Waals surface area contributed by atoms with Crippen molar-refractivity contribution in [1.82, 2.24) is 0 Å². The zero-order valence-electron chi connectivity index (χ0n) is 2.57. The van der Waals surface area contributed by atoms with Crippen molar-refractivity contribution in [3.8, 4) is 0 Å². The van der Waals surface area contributed by atoms with Crippen LogP contribution in [0.1, 0.15) is 0 Å². The first-order valence-electron chi connectivity index (χ1n) is 0.914. The number of thiol groups is 1. The Bertz CT molecular complexity index is 52.8. The van der Waals surface area contributed by atoms with Crippen molar-refractivity contribution in [3.63, 3.8) is 0 Å². The second-order valence-electron chi connectivity index (χ2n) is 0.387. The van der Waals surface area contributed by atoms with Gasteiger partial charge in [-0.15, -0.1) is 0 Å². The lowest BCUT2D eigenvalue weighted by atomic mass is 15.8. The Morgan fingerprint density at radius 1 is 2.00 bits per heavy atom. The molecule has 3 nitrogen and oxygen atoms in total. The van der Waals surface area contributed by atoms with E-state index in [9.17, 15) is 4.57 Å². The van der Waals surface area contributed by atoms with Crippen molar-refractivity contribution < 1.29 is 13.4 Å². The molecule has 6 heavy (non-hydrogen) atoms. The van der Waals surface area contributed by atoms with Crippen LogP contribution in [0, 0.1) is 0 Å². The van der Waals surface area contributed by atoms with Crippen molar-refractivity contribution in [1.29, 1.82) is 0 Å². The van der Waals surface area contributed by atoms with E-state index in [1.807, 2.05) is 0 Å². The van der Waals surface area contributed by atoms with Gasteiger partial charge in [0.15, 0.2) is 0 Å². The Morgan fingerprint density at radius 2 is 2.50 bits per heavy atom. The molecule has 1 N–H and O–H groups in total. The van der Waals surface area contributed by atoms with Gasteiger partial charge in [-0.25, -0.2) is 4.57 Å². The fourth-order valence-corrected chi connectivity index (χ4v) is 0.770. The molecule has 0 bridgehead atoms. The van der Waals surface area contributed by atoms with E-state index >= 15 is 0 Å². The van der Waals surface area contributed by atoms with Crippen molar-refractivity contribution in [3.05, 3.63) is 0 Å². The third-order valence-corrected chi connectivity index (χ3v) is 1.47. The molecule has 0 rings (SSSR count). The average molecular weight is 145 g/mol. The lowest BCUT2D eigenvalue weighted by Crippen LogP contribution is -1.50. The lowest BCUT2D eigenvalue weighted by Gasteiger charge is -1.80. The van der Waals surface area contributed by atoms with Crippen LogP contribution in [-0.2, 0) is 8.54 Å². The van der Waals surface area contributed by atoms with Gasteiger partial charge in [-0.3, -0.25) is 4.89 Å². The van der Waals surface area contributed by atoms with Gasteiger partial charge in [-0.2, -0.15) is 3.97 Å². The molecule has 0 saturated carbocycles. The minimum absolute atomic E-state index is 0.570. The van der Waals surface area contributed by atoms with Gasteiger partial charge in [-0.1, -0.05) is 11.7 Å². The summed E-state index contributed by atoms with van der Waals surface area (Å²) >= 11 is 3.98. The van der Waals surface area contributed by atoms with Gasteiger partial charge in [0.05, 0.1) is 11.1 Å². The third-order valence-electron chi connectivity index (χ3n) is 0.0971. The molecule has 0 fully saturated rings. The maximum atomic E-state index is 9.46. The molecule has 37 valence electrons. The zero-order chi connectivity index (χ0) is 4.99. The van der Waals surface area contributed by atoms with Crippen molar-refractivity contribution in [2.24, 2.45) is 0 Å². The van der Waals surface area contributed by atoms with Crippen molar-refractivity contribution in [2.45, 2.75) is 0 Å². The molecule has 0 aliphatic heterocycles. The summed E-state index contributed by atoms with van der Waals surface area (Å²) in [4.78, 5) is 7.77. The first-order chi connectivity index (χ1) is 2.77. The van der Waals surface area contributed by atoms with E-state index in [0.29, 0.717) is 11.1 Å². The lowest BCUT2D eigenvalue weighted by molar-refractivity contribution is 0.434. The average Bonchev–Trinajstić information content (AvgIpc) is 1.35. The Kier molecular flexibility index (Phi) is 4.36. The zero-order valence-corrected chi connectivity index (χ0v) is 5.17. The predicted molar refractivity (Wildman–Crippen MR) is 27.5 cm³/mol. The van der Waals surface area contributed by atoms with Crippen LogP contribution >= 0.6 is 31.0 Å². The molecule has 0 spiro atoms. The predicted octanol–water partition coefficient (Wildman–Crippen LogP) is 1.15. The standard InChI is InChI=1S/H2O3PS2/c1-4(2)3-6-5/h5H,(H,1,2). The molecular weight excluding hydrogens is 143 g/mol. The van der Waals surface area contributed by atoms with Crippen LogP contribution in [0.4, 0.5) is 0 Å². The summed E-state index contributed by atoms with van der Waals surface area (Å²) in [6, 6.07) is 0. The summed E-state index contributed by atoms with van der Waals surface area (Å²) in [5.74, 6) is 0. The van der Waals surface area contributed by atoms with E-state index < -0.39 is 8.25 Å². The van der Waals surface area contributed by atoms with Crippen molar-refractivity contribution in [2.75, 3.05) is 0 Å². The summed E-state index contributed by atoms with van der Waals surface area (Å²) in [5.41, 5.74) is 0.